The number of nitrogens with one attached hydrogen (secondary N) is 1. The molecule has 6 nitrogen and oxygen atoms in total. The summed E-state index contributed by atoms with van der Waals surface area (Å²) in [5.74, 6) is 0.814. The molecular formula is C21H24N4O2. The van der Waals surface area contributed by atoms with Crippen molar-refractivity contribution in [1.29, 1.82) is 0 Å². The number of para-hydroxylation sites is 1. The van der Waals surface area contributed by atoms with Crippen molar-refractivity contribution >= 4 is 16.7 Å². The third kappa shape index (κ3) is 2.89. The van der Waals surface area contributed by atoms with Gasteiger partial charge in [-0.1, -0.05) is 18.2 Å². The Morgan fingerprint density at radius 3 is 2.85 bits per heavy atom. The highest BCUT2D eigenvalue weighted by Gasteiger charge is 2.38. The van der Waals surface area contributed by atoms with Crippen molar-refractivity contribution in [2.24, 2.45) is 5.41 Å². The van der Waals surface area contributed by atoms with Gasteiger partial charge in [0.1, 0.15) is 5.69 Å². The number of aromatic nitrogens is 3. The second kappa shape index (κ2) is 6.62. The molecule has 0 unspecified atom stereocenters. The highest BCUT2D eigenvalue weighted by atomic mass is 16.5. The number of aliphatic hydroxyl groups is 1. The van der Waals surface area contributed by atoms with Crippen LogP contribution in [0.15, 0.2) is 36.7 Å². The largest absolute Gasteiger partial charge is 0.390 e. The molecule has 2 aliphatic rings. The summed E-state index contributed by atoms with van der Waals surface area (Å²) in [4.78, 5) is 15.0. The van der Waals surface area contributed by atoms with Gasteiger partial charge in [-0.3, -0.25) is 0 Å². The first-order valence-electron chi connectivity index (χ1n) is 9.64. The predicted octanol–water partition coefficient (Wildman–Crippen LogP) is 3.12. The molecule has 0 amide bonds. The lowest BCUT2D eigenvalue weighted by Crippen LogP contribution is -2.41. The van der Waals surface area contributed by atoms with Crippen LogP contribution in [-0.4, -0.2) is 46.4 Å². The summed E-state index contributed by atoms with van der Waals surface area (Å²) < 4.78 is 5.63. The molecule has 5 rings (SSSR count). The van der Waals surface area contributed by atoms with E-state index < -0.39 is 0 Å². The van der Waals surface area contributed by atoms with Gasteiger partial charge in [0.05, 0.1) is 30.6 Å². The summed E-state index contributed by atoms with van der Waals surface area (Å²) in [6.45, 7) is 3.55. The highest BCUT2D eigenvalue weighted by molar-refractivity contribution is 5.93. The third-order valence-electron chi connectivity index (χ3n) is 6.14. The molecule has 2 aromatic heterocycles. The normalized spacial score (nSPS) is 19.2. The summed E-state index contributed by atoms with van der Waals surface area (Å²) in [5.41, 5.74) is 3.84. The minimum absolute atomic E-state index is 0.109. The van der Waals surface area contributed by atoms with Gasteiger partial charge in [-0.05, 0) is 30.7 Å². The van der Waals surface area contributed by atoms with Gasteiger partial charge in [0.25, 0.3) is 0 Å². The lowest BCUT2D eigenvalue weighted by Gasteiger charge is -2.39. The summed E-state index contributed by atoms with van der Waals surface area (Å²) >= 11 is 0. The van der Waals surface area contributed by atoms with E-state index in [4.69, 9.17) is 14.7 Å². The lowest BCUT2D eigenvalue weighted by molar-refractivity contribution is 0.133. The highest BCUT2D eigenvalue weighted by Crippen LogP contribution is 2.40. The maximum Gasteiger partial charge on any atom is 0.152 e. The maximum atomic E-state index is 9.94. The van der Waals surface area contributed by atoms with E-state index in [1.165, 1.54) is 6.42 Å². The van der Waals surface area contributed by atoms with Crippen LogP contribution in [0.3, 0.4) is 0 Å². The minimum Gasteiger partial charge on any atom is -0.390 e. The van der Waals surface area contributed by atoms with Gasteiger partial charge in [0, 0.05) is 36.8 Å². The summed E-state index contributed by atoms with van der Waals surface area (Å²) in [7, 11) is 0. The molecule has 2 saturated heterocycles. The van der Waals surface area contributed by atoms with Crippen molar-refractivity contribution in [1.82, 2.24) is 15.0 Å². The number of aromatic amines is 1. The number of rotatable bonds is 3. The second-order valence-corrected chi connectivity index (χ2v) is 7.72. The van der Waals surface area contributed by atoms with Crippen LogP contribution in [0.5, 0.6) is 0 Å². The van der Waals surface area contributed by atoms with E-state index in [1.807, 2.05) is 30.6 Å². The number of piperidine rings is 1. The smallest absolute Gasteiger partial charge is 0.152 e. The molecule has 1 spiro atoms. The number of hydrogen-bond donors (Lipinski definition) is 2. The van der Waals surface area contributed by atoms with Crippen LogP contribution in [-0.2, 0) is 11.3 Å². The van der Waals surface area contributed by atoms with Crippen LogP contribution in [0, 0.1) is 5.41 Å². The average Bonchev–Trinajstić information content (AvgIpc) is 3.38. The molecule has 2 fully saturated rings. The fourth-order valence-electron chi connectivity index (χ4n) is 4.46. The van der Waals surface area contributed by atoms with Crippen LogP contribution in [0.4, 0.5) is 5.82 Å². The third-order valence-corrected chi connectivity index (χ3v) is 6.14. The number of anilines is 1. The van der Waals surface area contributed by atoms with Crippen molar-refractivity contribution in [3.05, 3.63) is 42.4 Å². The molecule has 0 radical (unpaired) electrons. The van der Waals surface area contributed by atoms with Crippen molar-refractivity contribution in [2.45, 2.75) is 25.9 Å². The first-order valence-corrected chi connectivity index (χ1v) is 9.64. The second-order valence-electron chi connectivity index (χ2n) is 7.72. The Kier molecular flexibility index (Phi) is 4.10. The zero-order valence-corrected chi connectivity index (χ0v) is 15.3. The van der Waals surface area contributed by atoms with Crippen LogP contribution < -0.4 is 4.90 Å². The molecule has 1 aromatic carbocycles. The molecule has 2 N–H and O–H groups in total. The first-order chi connectivity index (χ1) is 13.3. The molecule has 140 valence electrons. The van der Waals surface area contributed by atoms with Crippen LogP contribution in [0.1, 0.15) is 25.0 Å². The number of nitrogens with zero attached hydrogens (tertiary/aromatic N) is 3. The van der Waals surface area contributed by atoms with Crippen molar-refractivity contribution in [3.8, 4) is 11.3 Å². The monoisotopic (exact) mass is 364 g/mol. The molecule has 2 aliphatic heterocycles. The van der Waals surface area contributed by atoms with Crippen LogP contribution in [0.2, 0.25) is 0 Å². The standard InChI is InChI=1S/C21H24N4O2/c26-13-18-20(25-9-5-21(6-10-25)7-11-27-14-21)23-12-17(24-18)16-3-1-2-15-4-8-22-19(15)16/h1-4,8,12,22,26H,5-7,9-11,13-14H2. The van der Waals surface area contributed by atoms with Crippen molar-refractivity contribution in [3.63, 3.8) is 0 Å². The summed E-state index contributed by atoms with van der Waals surface area (Å²) in [6, 6.07) is 8.17. The zero-order chi connectivity index (χ0) is 18.3. The van der Waals surface area contributed by atoms with Crippen molar-refractivity contribution < 1.29 is 9.84 Å². The molecule has 0 saturated carbocycles. The Hall–Kier alpha value is -2.44. The average molecular weight is 364 g/mol. The van der Waals surface area contributed by atoms with Gasteiger partial charge in [-0.25, -0.2) is 9.97 Å². The fourth-order valence-corrected chi connectivity index (χ4v) is 4.46. The molecule has 6 heteroatoms. The maximum absolute atomic E-state index is 9.94. The Balaban J connectivity index is 1.44. The van der Waals surface area contributed by atoms with E-state index in [2.05, 4.69) is 16.0 Å². The van der Waals surface area contributed by atoms with Gasteiger partial charge in [0.2, 0.25) is 0 Å². The van der Waals surface area contributed by atoms with Crippen LogP contribution in [0.25, 0.3) is 22.2 Å². The molecule has 3 aromatic rings. The van der Waals surface area contributed by atoms with Gasteiger partial charge in [0.15, 0.2) is 5.82 Å². The minimum atomic E-state index is -0.109. The van der Waals surface area contributed by atoms with E-state index >= 15 is 0 Å². The zero-order valence-electron chi connectivity index (χ0n) is 15.3. The van der Waals surface area contributed by atoms with Crippen molar-refractivity contribution in [2.75, 3.05) is 31.2 Å². The number of aliphatic hydroxyl groups excluding tert-OH is 1. The molecule has 0 aliphatic carbocycles. The Bertz CT molecular complexity index is 952. The number of H-pyrrole nitrogens is 1. The van der Waals surface area contributed by atoms with E-state index in [-0.39, 0.29) is 6.61 Å². The molecule has 0 atom stereocenters. The lowest BCUT2D eigenvalue weighted by atomic mass is 9.78. The van der Waals surface area contributed by atoms with Crippen LogP contribution >= 0.6 is 0 Å². The van der Waals surface area contributed by atoms with E-state index in [0.717, 1.165) is 67.1 Å². The number of ether oxygens (including phenoxy) is 1. The number of hydrogen-bond acceptors (Lipinski definition) is 5. The predicted molar refractivity (Wildman–Crippen MR) is 105 cm³/mol. The van der Waals surface area contributed by atoms with Gasteiger partial charge in [-0.15, -0.1) is 0 Å². The van der Waals surface area contributed by atoms with E-state index in [0.29, 0.717) is 11.1 Å². The van der Waals surface area contributed by atoms with E-state index in [1.54, 1.807) is 0 Å². The quantitative estimate of drug-likeness (QED) is 0.747. The fraction of sp³-hybridized carbons (Fsp3) is 0.429. The molecular weight excluding hydrogens is 340 g/mol. The number of benzene rings is 1. The Labute approximate surface area is 158 Å². The molecule has 4 heterocycles. The molecule has 27 heavy (non-hydrogen) atoms. The van der Waals surface area contributed by atoms with Gasteiger partial charge < -0.3 is 19.7 Å². The number of fused-ring (bicyclic) bond motifs is 1. The Morgan fingerprint density at radius 1 is 1.19 bits per heavy atom. The van der Waals surface area contributed by atoms with Gasteiger partial charge in [-0.2, -0.15) is 0 Å². The first kappa shape index (κ1) is 16.7. The summed E-state index contributed by atoms with van der Waals surface area (Å²) in [6.07, 6.45) is 7.15. The summed E-state index contributed by atoms with van der Waals surface area (Å²) in [5, 5.41) is 11.1. The van der Waals surface area contributed by atoms with E-state index in [9.17, 15) is 5.11 Å². The Morgan fingerprint density at radius 2 is 2.07 bits per heavy atom. The van der Waals surface area contributed by atoms with Gasteiger partial charge >= 0.3 is 0 Å². The topological polar surface area (TPSA) is 74.3 Å². The molecule has 0 bridgehead atoms. The SMILES string of the molecule is OCc1nc(-c2cccc3cc[nH]c23)cnc1N1CCC2(CCOC2)CC1.